The fourth-order valence-electron chi connectivity index (χ4n) is 2.18. The lowest BCUT2D eigenvalue weighted by Crippen LogP contribution is -1.90. The maximum Gasteiger partial charge on any atom is 0.145 e. The SMILES string of the molecule is Cc1c(O)c(-c2ccc(F)cc2)nc2ccccc12. The van der Waals surface area contributed by atoms with Crippen LogP contribution in [0.1, 0.15) is 5.56 Å². The smallest absolute Gasteiger partial charge is 0.145 e. The highest BCUT2D eigenvalue weighted by Gasteiger charge is 2.12. The Balaban J connectivity index is 2.29. The van der Waals surface area contributed by atoms with Gasteiger partial charge >= 0.3 is 0 Å². The van der Waals surface area contributed by atoms with Gasteiger partial charge < -0.3 is 5.11 Å². The minimum Gasteiger partial charge on any atom is -0.505 e. The number of halogens is 1. The summed E-state index contributed by atoms with van der Waals surface area (Å²) in [6, 6.07) is 13.6. The Labute approximate surface area is 110 Å². The van der Waals surface area contributed by atoms with Crippen LogP contribution in [0.15, 0.2) is 48.5 Å². The number of aromatic hydroxyl groups is 1. The molecule has 0 bridgehead atoms. The Morgan fingerprint density at radius 1 is 1.00 bits per heavy atom. The highest BCUT2D eigenvalue weighted by molar-refractivity contribution is 5.88. The summed E-state index contributed by atoms with van der Waals surface area (Å²) in [7, 11) is 0. The summed E-state index contributed by atoms with van der Waals surface area (Å²) in [5, 5.41) is 11.2. The van der Waals surface area contributed by atoms with Crippen molar-refractivity contribution in [1.29, 1.82) is 0 Å². The number of nitrogens with zero attached hydrogens (tertiary/aromatic N) is 1. The van der Waals surface area contributed by atoms with E-state index in [0.29, 0.717) is 11.3 Å². The van der Waals surface area contributed by atoms with Gasteiger partial charge in [-0.05, 0) is 37.3 Å². The van der Waals surface area contributed by atoms with Crippen LogP contribution in [0, 0.1) is 12.7 Å². The highest BCUT2D eigenvalue weighted by Crippen LogP contribution is 2.34. The number of hydrogen-bond acceptors (Lipinski definition) is 2. The van der Waals surface area contributed by atoms with Gasteiger partial charge in [0.25, 0.3) is 0 Å². The topological polar surface area (TPSA) is 33.1 Å². The van der Waals surface area contributed by atoms with Crippen molar-refractivity contribution in [2.45, 2.75) is 6.92 Å². The van der Waals surface area contributed by atoms with E-state index in [1.807, 2.05) is 31.2 Å². The Morgan fingerprint density at radius 2 is 1.68 bits per heavy atom. The molecule has 1 heterocycles. The molecule has 3 aromatic rings. The molecular formula is C16H12FNO. The van der Waals surface area contributed by atoms with E-state index in [4.69, 9.17) is 0 Å². The molecule has 94 valence electrons. The quantitative estimate of drug-likeness (QED) is 0.709. The van der Waals surface area contributed by atoms with Crippen LogP contribution in [0.2, 0.25) is 0 Å². The number of para-hydroxylation sites is 1. The number of pyridine rings is 1. The fourth-order valence-corrected chi connectivity index (χ4v) is 2.18. The first-order valence-electron chi connectivity index (χ1n) is 6.01. The van der Waals surface area contributed by atoms with E-state index < -0.39 is 0 Å². The van der Waals surface area contributed by atoms with Crippen LogP contribution < -0.4 is 0 Å². The lowest BCUT2D eigenvalue weighted by Gasteiger charge is -2.10. The molecular weight excluding hydrogens is 241 g/mol. The number of hydrogen-bond donors (Lipinski definition) is 1. The van der Waals surface area contributed by atoms with Gasteiger partial charge in [0, 0.05) is 16.5 Å². The molecule has 19 heavy (non-hydrogen) atoms. The molecule has 0 aliphatic carbocycles. The summed E-state index contributed by atoms with van der Waals surface area (Å²) in [4.78, 5) is 4.46. The molecule has 0 spiro atoms. The first kappa shape index (κ1) is 11.7. The van der Waals surface area contributed by atoms with Crippen LogP contribution >= 0.6 is 0 Å². The first-order valence-corrected chi connectivity index (χ1v) is 6.01. The average molecular weight is 253 g/mol. The maximum atomic E-state index is 13.0. The van der Waals surface area contributed by atoms with E-state index in [2.05, 4.69) is 4.98 Å². The summed E-state index contributed by atoms with van der Waals surface area (Å²) in [5.74, 6) is -0.161. The number of rotatable bonds is 1. The zero-order valence-corrected chi connectivity index (χ0v) is 10.4. The van der Waals surface area contributed by atoms with Crippen molar-refractivity contribution in [2.75, 3.05) is 0 Å². The molecule has 0 amide bonds. The molecule has 0 aliphatic heterocycles. The van der Waals surface area contributed by atoms with E-state index in [1.165, 1.54) is 12.1 Å². The predicted octanol–water partition coefficient (Wildman–Crippen LogP) is 4.05. The number of aromatic nitrogens is 1. The van der Waals surface area contributed by atoms with Gasteiger partial charge in [-0.1, -0.05) is 18.2 Å². The van der Waals surface area contributed by atoms with Gasteiger partial charge in [0.15, 0.2) is 0 Å². The third-order valence-corrected chi connectivity index (χ3v) is 3.24. The van der Waals surface area contributed by atoms with Crippen molar-refractivity contribution in [3.05, 3.63) is 59.9 Å². The second-order valence-corrected chi connectivity index (χ2v) is 4.46. The van der Waals surface area contributed by atoms with E-state index in [9.17, 15) is 9.50 Å². The maximum absolute atomic E-state index is 13.0. The lowest BCUT2D eigenvalue weighted by molar-refractivity contribution is 0.472. The van der Waals surface area contributed by atoms with Crippen molar-refractivity contribution in [3.8, 4) is 17.0 Å². The third kappa shape index (κ3) is 1.93. The molecule has 1 N–H and O–H groups in total. The summed E-state index contributed by atoms with van der Waals surface area (Å²) >= 11 is 0. The van der Waals surface area contributed by atoms with Crippen LogP contribution in [0.4, 0.5) is 4.39 Å². The number of aryl methyl sites for hydroxylation is 1. The van der Waals surface area contributed by atoms with Gasteiger partial charge in [-0.3, -0.25) is 0 Å². The molecule has 0 saturated carbocycles. The van der Waals surface area contributed by atoms with Crippen molar-refractivity contribution in [2.24, 2.45) is 0 Å². The van der Waals surface area contributed by atoms with Crippen LogP contribution in [0.5, 0.6) is 5.75 Å². The molecule has 3 rings (SSSR count). The third-order valence-electron chi connectivity index (χ3n) is 3.24. The molecule has 0 aliphatic rings. The molecule has 0 saturated heterocycles. The largest absolute Gasteiger partial charge is 0.505 e. The average Bonchev–Trinajstić information content (AvgIpc) is 2.44. The van der Waals surface area contributed by atoms with Crippen molar-refractivity contribution in [1.82, 2.24) is 4.98 Å². The molecule has 2 nitrogen and oxygen atoms in total. The van der Waals surface area contributed by atoms with Crippen LogP contribution in [0.25, 0.3) is 22.2 Å². The van der Waals surface area contributed by atoms with Gasteiger partial charge in [-0.2, -0.15) is 0 Å². The van der Waals surface area contributed by atoms with Crippen LogP contribution in [-0.4, -0.2) is 10.1 Å². The minimum atomic E-state index is -0.305. The number of benzene rings is 2. The first-order chi connectivity index (χ1) is 9.16. The monoisotopic (exact) mass is 253 g/mol. The van der Waals surface area contributed by atoms with Gasteiger partial charge in [0.2, 0.25) is 0 Å². The summed E-state index contributed by atoms with van der Waals surface area (Å²) in [6.07, 6.45) is 0. The van der Waals surface area contributed by atoms with Crippen molar-refractivity contribution in [3.63, 3.8) is 0 Å². The van der Waals surface area contributed by atoms with E-state index in [1.54, 1.807) is 12.1 Å². The minimum absolute atomic E-state index is 0.144. The zero-order chi connectivity index (χ0) is 13.4. The van der Waals surface area contributed by atoms with Crippen molar-refractivity contribution >= 4 is 10.9 Å². The fraction of sp³-hybridized carbons (Fsp3) is 0.0625. The second-order valence-electron chi connectivity index (χ2n) is 4.46. The molecule has 0 radical (unpaired) electrons. The summed E-state index contributed by atoms with van der Waals surface area (Å²) in [5.41, 5.74) is 2.78. The molecule has 0 unspecified atom stereocenters. The van der Waals surface area contributed by atoms with Gasteiger partial charge in [-0.15, -0.1) is 0 Å². The Morgan fingerprint density at radius 3 is 2.42 bits per heavy atom. The number of fused-ring (bicyclic) bond motifs is 1. The Bertz CT molecular complexity index is 751. The van der Waals surface area contributed by atoms with E-state index in [0.717, 1.165) is 16.5 Å². The lowest BCUT2D eigenvalue weighted by atomic mass is 10.0. The molecule has 0 fully saturated rings. The van der Waals surface area contributed by atoms with Crippen LogP contribution in [0.3, 0.4) is 0 Å². The van der Waals surface area contributed by atoms with Crippen LogP contribution in [-0.2, 0) is 0 Å². The van der Waals surface area contributed by atoms with Gasteiger partial charge in [0.05, 0.1) is 5.52 Å². The summed E-state index contributed by atoms with van der Waals surface area (Å²) in [6.45, 7) is 1.85. The molecule has 2 aromatic carbocycles. The highest BCUT2D eigenvalue weighted by atomic mass is 19.1. The predicted molar refractivity (Wildman–Crippen MR) is 73.5 cm³/mol. The molecule has 1 aromatic heterocycles. The van der Waals surface area contributed by atoms with Crippen molar-refractivity contribution < 1.29 is 9.50 Å². The van der Waals surface area contributed by atoms with E-state index in [-0.39, 0.29) is 11.6 Å². The molecule has 0 atom stereocenters. The zero-order valence-electron chi connectivity index (χ0n) is 10.4. The Kier molecular flexibility index (Phi) is 2.67. The Hall–Kier alpha value is -2.42. The van der Waals surface area contributed by atoms with E-state index >= 15 is 0 Å². The normalized spacial score (nSPS) is 10.8. The molecule has 3 heteroatoms. The van der Waals surface area contributed by atoms with Gasteiger partial charge in [-0.25, -0.2) is 9.37 Å². The van der Waals surface area contributed by atoms with Gasteiger partial charge in [0.1, 0.15) is 17.3 Å². The summed E-state index contributed by atoms with van der Waals surface area (Å²) < 4.78 is 13.0. The standard InChI is InChI=1S/C16H12FNO/c1-10-13-4-2-3-5-14(13)18-15(16(10)19)11-6-8-12(17)9-7-11/h2-9,19H,1H3. The second kappa shape index (κ2) is 4.35.